The first-order valence-corrected chi connectivity index (χ1v) is 9.96. The summed E-state index contributed by atoms with van der Waals surface area (Å²) in [7, 11) is -3.75. The van der Waals surface area contributed by atoms with Crippen molar-refractivity contribution in [2.75, 3.05) is 50.0 Å². The smallest absolute Gasteiger partial charge is 0.243 e. The van der Waals surface area contributed by atoms with Gasteiger partial charge in [0.25, 0.3) is 0 Å². The average molecular weight is 373 g/mol. The first kappa shape index (κ1) is 19.6. The Kier molecular flexibility index (Phi) is 6.74. The largest absolute Gasteiger partial charge is 0.379 e. The molecule has 0 radical (unpaired) electrons. The van der Waals surface area contributed by atoms with Crippen molar-refractivity contribution in [2.45, 2.75) is 13.0 Å². The maximum atomic E-state index is 13.5. The number of nitrogens with one attached hydrogen (secondary N) is 1. The molecule has 0 bridgehead atoms. The third-order valence-electron chi connectivity index (χ3n) is 3.98. The number of morpholine rings is 1. The highest BCUT2D eigenvalue weighted by atomic mass is 32.2. The van der Waals surface area contributed by atoms with E-state index >= 15 is 0 Å². The molecule has 0 aliphatic carbocycles. The second-order valence-electron chi connectivity index (χ2n) is 5.96. The zero-order valence-corrected chi connectivity index (χ0v) is 15.3. The zero-order chi connectivity index (χ0) is 18.4. The fourth-order valence-corrected chi connectivity index (χ4v) is 3.90. The van der Waals surface area contributed by atoms with Crippen molar-refractivity contribution in [1.29, 1.82) is 0 Å². The fraction of sp³-hybridized carbons (Fsp3) is 0.562. The fourth-order valence-electron chi connectivity index (χ4n) is 2.73. The molecule has 1 aliphatic rings. The first-order chi connectivity index (χ1) is 11.8. The molecule has 2 rings (SSSR count). The number of nitrogens with zero attached hydrogens (tertiary/aromatic N) is 2. The second kappa shape index (κ2) is 8.59. The molecule has 0 saturated carbocycles. The van der Waals surface area contributed by atoms with E-state index in [4.69, 9.17) is 4.74 Å². The highest BCUT2D eigenvalue weighted by molar-refractivity contribution is 7.92. The molecule has 140 valence electrons. The van der Waals surface area contributed by atoms with Crippen molar-refractivity contribution in [3.63, 3.8) is 0 Å². The quantitative estimate of drug-likeness (QED) is 0.750. The minimum absolute atomic E-state index is 0.123. The molecule has 0 spiro atoms. The zero-order valence-electron chi connectivity index (χ0n) is 14.4. The Morgan fingerprint density at radius 2 is 2.08 bits per heavy atom. The Balaban J connectivity index is 2.00. The Labute approximate surface area is 147 Å². The number of carbonyl (C=O) groups is 1. The second-order valence-corrected chi connectivity index (χ2v) is 7.82. The lowest BCUT2D eigenvalue weighted by Gasteiger charge is -2.29. The molecular weight excluding hydrogens is 349 g/mol. The summed E-state index contributed by atoms with van der Waals surface area (Å²) in [5.41, 5.74) is 0.123. The van der Waals surface area contributed by atoms with Crippen LogP contribution in [0.2, 0.25) is 0 Å². The number of halogens is 1. The maximum Gasteiger partial charge on any atom is 0.243 e. The van der Waals surface area contributed by atoms with Gasteiger partial charge in [-0.25, -0.2) is 12.8 Å². The van der Waals surface area contributed by atoms with Gasteiger partial charge in [0.2, 0.25) is 15.9 Å². The Morgan fingerprint density at radius 1 is 1.40 bits per heavy atom. The number of hydrogen-bond donors (Lipinski definition) is 1. The van der Waals surface area contributed by atoms with Crippen LogP contribution in [0.25, 0.3) is 0 Å². The molecule has 1 aromatic rings. The van der Waals surface area contributed by atoms with Crippen molar-refractivity contribution in [3.05, 3.63) is 30.1 Å². The van der Waals surface area contributed by atoms with E-state index < -0.39 is 27.8 Å². The molecule has 1 fully saturated rings. The summed E-state index contributed by atoms with van der Waals surface area (Å²) in [6, 6.07) is 4.20. The number of carbonyl (C=O) groups excluding carboxylic acids is 1. The van der Waals surface area contributed by atoms with Gasteiger partial charge in [0.1, 0.15) is 11.9 Å². The summed E-state index contributed by atoms with van der Waals surface area (Å²) in [6.45, 7) is 5.52. The lowest BCUT2D eigenvalue weighted by atomic mass is 10.2. The Bertz CT molecular complexity index is 692. The maximum absolute atomic E-state index is 13.5. The van der Waals surface area contributed by atoms with Crippen LogP contribution in [-0.2, 0) is 19.6 Å². The summed E-state index contributed by atoms with van der Waals surface area (Å²) in [5.74, 6) is -0.992. The Morgan fingerprint density at radius 3 is 2.68 bits per heavy atom. The van der Waals surface area contributed by atoms with Crippen LogP contribution in [0, 0.1) is 5.82 Å². The van der Waals surface area contributed by atoms with Crippen LogP contribution in [-0.4, -0.2) is 70.9 Å². The summed E-state index contributed by atoms with van der Waals surface area (Å²) >= 11 is 0. The molecule has 1 saturated heterocycles. The normalized spacial score (nSPS) is 17.1. The third-order valence-corrected chi connectivity index (χ3v) is 5.22. The van der Waals surface area contributed by atoms with Gasteiger partial charge < -0.3 is 10.1 Å². The molecule has 1 heterocycles. The number of ether oxygens (including phenoxy) is 1. The summed E-state index contributed by atoms with van der Waals surface area (Å²) in [5, 5.41) is 2.75. The lowest BCUT2D eigenvalue weighted by Crippen LogP contribution is -2.49. The van der Waals surface area contributed by atoms with Crippen LogP contribution in [0.3, 0.4) is 0 Å². The molecule has 1 aliphatic heterocycles. The van der Waals surface area contributed by atoms with Crippen LogP contribution in [0.4, 0.5) is 10.1 Å². The van der Waals surface area contributed by atoms with E-state index in [-0.39, 0.29) is 5.69 Å². The molecule has 25 heavy (non-hydrogen) atoms. The minimum atomic E-state index is -3.75. The van der Waals surface area contributed by atoms with Crippen LogP contribution in [0.1, 0.15) is 6.92 Å². The van der Waals surface area contributed by atoms with Gasteiger partial charge in [0.15, 0.2) is 0 Å². The highest BCUT2D eigenvalue weighted by Crippen LogP contribution is 2.21. The SMILES string of the molecule is CC(C(=O)NCCN1CCOCC1)N(c1cccc(F)c1)S(C)(=O)=O. The van der Waals surface area contributed by atoms with Crippen LogP contribution >= 0.6 is 0 Å². The third kappa shape index (κ3) is 5.65. The van der Waals surface area contributed by atoms with Crippen LogP contribution < -0.4 is 9.62 Å². The first-order valence-electron chi connectivity index (χ1n) is 8.12. The van der Waals surface area contributed by atoms with Crippen molar-refractivity contribution in [3.8, 4) is 0 Å². The van der Waals surface area contributed by atoms with Crippen molar-refractivity contribution >= 4 is 21.6 Å². The molecule has 9 heteroatoms. The van der Waals surface area contributed by atoms with Crippen molar-refractivity contribution in [2.24, 2.45) is 0 Å². The molecule has 7 nitrogen and oxygen atoms in total. The van der Waals surface area contributed by atoms with E-state index in [1.807, 2.05) is 0 Å². The van der Waals surface area contributed by atoms with Gasteiger partial charge in [-0.2, -0.15) is 0 Å². The van der Waals surface area contributed by atoms with Gasteiger partial charge in [-0.15, -0.1) is 0 Å². The summed E-state index contributed by atoms with van der Waals surface area (Å²) < 4.78 is 43.9. The predicted octanol–water partition coefficient (Wildman–Crippen LogP) is 0.429. The average Bonchev–Trinajstić information content (AvgIpc) is 2.54. The topological polar surface area (TPSA) is 79.0 Å². The standard InChI is InChI=1S/C16H24FN3O4S/c1-13(16(21)18-6-7-19-8-10-24-11-9-19)20(25(2,22)23)15-5-3-4-14(17)12-15/h3-5,12-13H,6-11H2,1-2H3,(H,18,21). The van der Waals surface area contributed by atoms with E-state index in [9.17, 15) is 17.6 Å². The number of hydrogen-bond acceptors (Lipinski definition) is 5. The van der Waals surface area contributed by atoms with Gasteiger partial charge >= 0.3 is 0 Å². The van der Waals surface area contributed by atoms with Crippen LogP contribution in [0.5, 0.6) is 0 Å². The van der Waals surface area contributed by atoms with E-state index in [2.05, 4.69) is 10.2 Å². The highest BCUT2D eigenvalue weighted by Gasteiger charge is 2.29. The Hall–Kier alpha value is -1.71. The van der Waals surface area contributed by atoms with Gasteiger partial charge in [-0.05, 0) is 25.1 Å². The molecule has 1 amide bonds. The number of sulfonamides is 1. The van der Waals surface area contributed by atoms with Crippen LogP contribution in [0.15, 0.2) is 24.3 Å². The van der Waals surface area contributed by atoms with Crippen molar-refractivity contribution in [1.82, 2.24) is 10.2 Å². The predicted molar refractivity (Wildman–Crippen MR) is 93.5 cm³/mol. The molecule has 1 unspecified atom stereocenters. The lowest BCUT2D eigenvalue weighted by molar-refractivity contribution is -0.121. The van der Waals surface area contributed by atoms with Gasteiger partial charge in [-0.1, -0.05) is 6.07 Å². The molecule has 0 aromatic heterocycles. The molecular formula is C16H24FN3O4S. The number of rotatable bonds is 7. The number of anilines is 1. The van der Waals surface area contributed by atoms with Gasteiger partial charge in [0, 0.05) is 26.2 Å². The van der Waals surface area contributed by atoms with E-state index in [0.29, 0.717) is 26.3 Å². The molecule has 1 N–H and O–H groups in total. The molecule has 1 atom stereocenters. The van der Waals surface area contributed by atoms with E-state index in [1.165, 1.54) is 25.1 Å². The summed E-state index contributed by atoms with van der Waals surface area (Å²) in [4.78, 5) is 14.5. The van der Waals surface area contributed by atoms with E-state index in [1.54, 1.807) is 0 Å². The van der Waals surface area contributed by atoms with Crippen molar-refractivity contribution < 1.29 is 22.3 Å². The summed E-state index contributed by atoms with van der Waals surface area (Å²) in [6.07, 6.45) is 0.995. The minimum Gasteiger partial charge on any atom is -0.379 e. The van der Waals surface area contributed by atoms with Gasteiger partial charge in [-0.3, -0.25) is 14.0 Å². The van der Waals surface area contributed by atoms with Gasteiger partial charge in [0.05, 0.1) is 25.2 Å². The molecule has 1 aromatic carbocycles. The van der Waals surface area contributed by atoms with E-state index in [0.717, 1.165) is 29.7 Å². The number of benzene rings is 1. The monoisotopic (exact) mass is 373 g/mol. The number of amides is 1.